The second kappa shape index (κ2) is 9.29. The van der Waals surface area contributed by atoms with Crippen LogP contribution >= 0.6 is 0 Å². The summed E-state index contributed by atoms with van der Waals surface area (Å²) >= 11 is 0. The first-order valence-corrected chi connectivity index (χ1v) is 8.98. The first kappa shape index (κ1) is 16.6. The van der Waals surface area contributed by atoms with Crippen LogP contribution < -0.4 is 10.6 Å². The minimum Gasteiger partial charge on any atom is -0.338 e. The minimum absolute atomic E-state index is 0.0141. The lowest BCUT2D eigenvalue weighted by Crippen LogP contribution is -2.39. The predicted molar refractivity (Wildman–Crippen MR) is 87.4 cm³/mol. The van der Waals surface area contributed by atoms with Gasteiger partial charge in [-0.1, -0.05) is 32.6 Å². The van der Waals surface area contributed by atoms with E-state index in [1.807, 2.05) is 0 Å². The van der Waals surface area contributed by atoms with Crippen LogP contribution in [0.25, 0.3) is 0 Å². The number of nitrogens with one attached hydrogen (secondary N) is 2. The molecule has 1 saturated carbocycles. The number of rotatable bonds is 7. The Kier molecular flexibility index (Phi) is 7.34. The van der Waals surface area contributed by atoms with Gasteiger partial charge in [0.25, 0.3) is 0 Å². The molecule has 0 atom stereocenters. The molecule has 2 aliphatic rings. The van der Waals surface area contributed by atoms with Gasteiger partial charge in [0.15, 0.2) is 0 Å². The molecule has 1 aliphatic heterocycles. The summed E-state index contributed by atoms with van der Waals surface area (Å²) in [6.07, 6.45) is 10.3. The van der Waals surface area contributed by atoms with Gasteiger partial charge < -0.3 is 15.5 Å². The molecule has 2 N–H and O–H groups in total. The van der Waals surface area contributed by atoms with E-state index in [4.69, 9.17) is 0 Å². The van der Waals surface area contributed by atoms with Crippen LogP contribution in [0.15, 0.2) is 0 Å². The Morgan fingerprint density at radius 1 is 1.05 bits per heavy atom. The fourth-order valence-corrected chi connectivity index (χ4v) is 3.54. The van der Waals surface area contributed by atoms with Crippen molar-refractivity contribution >= 4 is 6.03 Å². The number of piperidine rings is 1. The maximum absolute atomic E-state index is 11.7. The average molecular weight is 295 g/mol. The second-order valence-corrected chi connectivity index (χ2v) is 7.00. The Morgan fingerprint density at radius 2 is 1.71 bits per heavy atom. The third kappa shape index (κ3) is 6.68. The Morgan fingerprint density at radius 3 is 2.43 bits per heavy atom. The van der Waals surface area contributed by atoms with Crippen LogP contribution in [-0.2, 0) is 0 Å². The molecule has 4 nitrogen and oxygen atoms in total. The summed E-state index contributed by atoms with van der Waals surface area (Å²) < 4.78 is 0. The smallest absolute Gasteiger partial charge is 0.314 e. The number of carbonyl (C=O) groups is 1. The molecule has 0 aromatic rings. The van der Waals surface area contributed by atoms with Gasteiger partial charge in [0, 0.05) is 13.1 Å². The lowest BCUT2D eigenvalue weighted by Gasteiger charge is -2.30. The van der Waals surface area contributed by atoms with Gasteiger partial charge in [-0.15, -0.1) is 0 Å². The summed E-state index contributed by atoms with van der Waals surface area (Å²) in [5.41, 5.74) is 0. The molecular formula is C17H33N3O. The van der Waals surface area contributed by atoms with Crippen molar-refractivity contribution in [3.05, 3.63) is 0 Å². The number of amides is 2. The van der Waals surface area contributed by atoms with Crippen LogP contribution in [0.5, 0.6) is 0 Å². The molecule has 1 aliphatic carbocycles. The van der Waals surface area contributed by atoms with E-state index >= 15 is 0 Å². The van der Waals surface area contributed by atoms with Gasteiger partial charge >= 0.3 is 6.03 Å². The van der Waals surface area contributed by atoms with Gasteiger partial charge in [-0.2, -0.15) is 0 Å². The average Bonchev–Trinajstić information content (AvgIpc) is 2.99. The summed E-state index contributed by atoms with van der Waals surface area (Å²) in [4.78, 5) is 14.2. The predicted octanol–water partition coefficient (Wildman–Crippen LogP) is 2.99. The van der Waals surface area contributed by atoms with Gasteiger partial charge in [-0.25, -0.2) is 4.79 Å². The van der Waals surface area contributed by atoms with Gasteiger partial charge in [-0.3, -0.25) is 0 Å². The third-order valence-electron chi connectivity index (χ3n) is 5.13. The van der Waals surface area contributed by atoms with Crippen molar-refractivity contribution in [2.75, 3.05) is 32.7 Å². The van der Waals surface area contributed by atoms with Crippen LogP contribution in [0.4, 0.5) is 4.79 Å². The van der Waals surface area contributed by atoms with Crippen molar-refractivity contribution in [2.24, 2.45) is 11.8 Å². The Balaban J connectivity index is 1.42. The molecule has 0 unspecified atom stereocenters. The fourth-order valence-electron chi connectivity index (χ4n) is 3.54. The number of carbonyl (C=O) groups excluding carboxylic acids is 1. The number of hydrogen-bond acceptors (Lipinski definition) is 2. The van der Waals surface area contributed by atoms with Crippen LogP contribution in [0.2, 0.25) is 0 Å². The molecule has 21 heavy (non-hydrogen) atoms. The fraction of sp³-hybridized carbons (Fsp3) is 0.941. The number of urea groups is 1. The highest BCUT2D eigenvalue weighted by Gasteiger charge is 2.15. The highest BCUT2D eigenvalue weighted by molar-refractivity contribution is 5.73. The van der Waals surface area contributed by atoms with Crippen molar-refractivity contribution in [3.63, 3.8) is 0 Å². The molecule has 0 radical (unpaired) electrons. The summed E-state index contributed by atoms with van der Waals surface area (Å²) in [6, 6.07) is 0.0141. The highest BCUT2D eigenvalue weighted by Crippen LogP contribution is 2.26. The molecule has 0 spiro atoms. The Hall–Kier alpha value is -0.770. The van der Waals surface area contributed by atoms with Crippen molar-refractivity contribution in [1.29, 1.82) is 0 Å². The maximum Gasteiger partial charge on any atom is 0.314 e. The van der Waals surface area contributed by atoms with Gasteiger partial charge in [0.05, 0.1) is 0 Å². The van der Waals surface area contributed by atoms with Gasteiger partial charge in [0.2, 0.25) is 0 Å². The zero-order valence-electron chi connectivity index (χ0n) is 13.7. The SMILES string of the molecule is CC1CCN(CCCNC(=O)NCCC2CCCC2)CC1. The number of nitrogens with zero attached hydrogens (tertiary/aromatic N) is 1. The van der Waals surface area contributed by atoms with E-state index in [1.165, 1.54) is 51.6 Å². The van der Waals surface area contributed by atoms with Crippen LogP contribution in [0.3, 0.4) is 0 Å². The second-order valence-electron chi connectivity index (χ2n) is 7.00. The molecule has 122 valence electrons. The molecule has 0 aromatic heterocycles. The molecule has 2 amide bonds. The quantitative estimate of drug-likeness (QED) is 0.709. The normalized spacial score (nSPS) is 21.6. The molecule has 1 saturated heterocycles. The lowest BCUT2D eigenvalue weighted by molar-refractivity contribution is 0.190. The van der Waals surface area contributed by atoms with Crippen molar-refractivity contribution in [3.8, 4) is 0 Å². The highest BCUT2D eigenvalue weighted by atomic mass is 16.2. The topological polar surface area (TPSA) is 44.4 Å². The van der Waals surface area contributed by atoms with E-state index < -0.39 is 0 Å². The van der Waals surface area contributed by atoms with E-state index in [-0.39, 0.29) is 6.03 Å². The zero-order chi connectivity index (χ0) is 14.9. The molecular weight excluding hydrogens is 262 g/mol. The van der Waals surface area contributed by atoms with E-state index in [1.54, 1.807) is 0 Å². The third-order valence-corrected chi connectivity index (χ3v) is 5.13. The molecule has 0 bridgehead atoms. The van der Waals surface area contributed by atoms with Crippen LogP contribution in [0, 0.1) is 11.8 Å². The van der Waals surface area contributed by atoms with E-state index in [2.05, 4.69) is 22.5 Å². The summed E-state index contributed by atoms with van der Waals surface area (Å²) in [7, 11) is 0. The molecule has 4 heteroatoms. The summed E-state index contributed by atoms with van der Waals surface area (Å²) in [5.74, 6) is 1.75. The lowest BCUT2D eigenvalue weighted by atomic mass is 9.99. The monoisotopic (exact) mass is 295 g/mol. The van der Waals surface area contributed by atoms with Crippen molar-refractivity contribution in [2.45, 2.75) is 58.3 Å². The van der Waals surface area contributed by atoms with E-state index in [0.717, 1.165) is 44.3 Å². The standard InChI is InChI=1S/C17H33N3O/c1-15-8-13-20(14-9-15)12-4-10-18-17(21)19-11-7-16-5-2-3-6-16/h15-16H,2-14H2,1H3,(H2,18,19,21). The van der Waals surface area contributed by atoms with Crippen molar-refractivity contribution in [1.82, 2.24) is 15.5 Å². The van der Waals surface area contributed by atoms with E-state index in [0.29, 0.717) is 0 Å². The van der Waals surface area contributed by atoms with Crippen LogP contribution in [-0.4, -0.2) is 43.7 Å². The molecule has 2 fully saturated rings. The molecule has 2 rings (SSSR count). The first-order valence-electron chi connectivity index (χ1n) is 8.98. The van der Waals surface area contributed by atoms with Crippen LogP contribution in [0.1, 0.15) is 58.3 Å². The number of likely N-dealkylation sites (tertiary alicyclic amines) is 1. The maximum atomic E-state index is 11.7. The molecule has 0 aromatic carbocycles. The van der Waals surface area contributed by atoms with Gasteiger partial charge in [-0.05, 0) is 57.2 Å². The first-order chi connectivity index (χ1) is 10.2. The summed E-state index contributed by atoms with van der Waals surface area (Å²) in [6.45, 7) is 7.55. The Bertz CT molecular complexity index is 294. The minimum atomic E-state index is 0.0141. The van der Waals surface area contributed by atoms with Crippen molar-refractivity contribution < 1.29 is 4.79 Å². The Labute approximate surface area is 130 Å². The zero-order valence-corrected chi connectivity index (χ0v) is 13.7. The summed E-state index contributed by atoms with van der Waals surface area (Å²) in [5, 5.41) is 5.97. The van der Waals surface area contributed by atoms with Gasteiger partial charge in [0.1, 0.15) is 0 Å². The number of hydrogen-bond donors (Lipinski definition) is 2. The molecule has 1 heterocycles. The van der Waals surface area contributed by atoms with E-state index in [9.17, 15) is 4.79 Å². The largest absolute Gasteiger partial charge is 0.338 e.